The van der Waals surface area contributed by atoms with Gasteiger partial charge in [-0.2, -0.15) is 0 Å². The highest BCUT2D eigenvalue weighted by Crippen LogP contribution is 2.30. The van der Waals surface area contributed by atoms with Gasteiger partial charge < -0.3 is 10.2 Å². The molecule has 2 N–H and O–H groups in total. The van der Waals surface area contributed by atoms with Crippen molar-refractivity contribution in [2.75, 3.05) is 6.61 Å². The number of rotatable bonds is 3. The number of thioether (sulfide) groups is 1. The van der Waals surface area contributed by atoms with Crippen LogP contribution in [0, 0.1) is 0 Å². The molecule has 0 amide bonds. The van der Waals surface area contributed by atoms with E-state index >= 15 is 0 Å². The van der Waals surface area contributed by atoms with Crippen molar-refractivity contribution in [3.63, 3.8) is 0 Å². The Bertz CT molecular complexity index is 501. The fraction of sp³-hybridized carbons (Fsp3) is 0.250. The van der Waals surface area contributed by atoms with E-state index in [1.165, 1.54) is 11.8 Å². The monoisotopic (exact) mass is 235 g/mol. The maximum absolute atomic E-state index is 9.46. The lowest BCUT2D eigenvalue weighted by atomic mass is 10.2. The smallest absolute Gasteiger partial charge is 0.116 e. The van der Waals surface area contributed by atoms with Crippen LogP contribution in [0.1, 0.15) is 6.92 Å². The van der Waals surface area contributed by atoms with Gasteiger partial charge in [-0.15, -0.1) is 11.8 Å². The number of fused-ring (bicyclic) bond motifs is 1. The minimum absolute atomic E-state index is 0.0976. The predicted octanol–water partition coefficient (Wildman–Crippen LogP) is 2.41. The number of hydrogen-bond acceptors (Lipinski definition) is 4. The van der Waals surface area contributed by atoms with Crippen LogP contribution in [-0.2, 0) is 0 Å². The standard InChI is InChI=1S/C12H13NO2S/c1-8(7-14)16-12-11-6-10(15)3-2-9(11)4-5-13-12/h2-6,8,14-15H,7H2,1H3. The number of aliphatic hydroxyl groups is 1. The summed E-state index contributed by atoms with van der Waals surface area (Å²) in [6.45, 7) is 2.05. The minimum Gasteiger partial charge on any atom is -0.508 e. The van der Waals surface area contributed by atoms with E-state index in [-0.39, 0.29) is 17.6 Å². The maximum Gasteiger partial charge on any atom is 0.116 e. The van der Waals surface area contributed by atoms with Crippen molar-refractivity contribution < 1.29 is 10.2 Å². The number of phenolic OH excluding ortho intramolecular Hbond substituents is 1. The van der Waals surface area contributed by atoms with E-state index in [9.17, 15) is 5.11 Å². The van der Waals surface area contributed by atoms with Crippen LogP contribution in [0.3, 0.4) is 0 Å². The number of aliphatic hydroxyl groups excluding tert-OH is 1. The van der Waals surface area contributed by atoms with Gasteiger partial charge in [0.25, 0.3) is 0 Å². The topological polar surface area (TPSA) is 53.4 Å². The van der Waals surface area contributed by atoms with Crippen molar-refractivity contribution in [3.05, 3.63) is 30.5 Å². The molecule has 0 bridgehead atoms. The Morgan fingerprint density at radius 3 is 2.94 bits per heavy atom. The summed E-state index contributed by atoms with van der Waals surface area (Å²) in [5.41, 5.74) is 0. The molecule has 2 aromatic rings. The van der Waals surface area contributed by atoms with Crippen LogP contribution in [0.5, 0.6) is 5.75 Å². The van der Waals surface area contributed by atoms with E-state index in [0.717, 1.165) is 15.8 Å². The second kappa shape index (κ2) is 4.72. The zero-order valence-corrected chi connectivity index (χ0v) is 9.74. The Hall–Kier alpha value is -1.26. The minimum atomic E-state index is 0.0976. The number of aromatic nitrogens is 1. The zero-order valence-electron chi connectivity index (χ0n) is 8.92. The first-order valence-corrected chi connectivity index (χ1v) is 5.94. The molecule has 0 aliphatic carbocycles. The van der Waals surface area contributed by atoms with E-state index in [2.05, 4.69) is 4.98 Å². The van der Waals surface area contributed by atoms with Crippen LogP contribution >= 0.6 is 11.8 Å². The average Bonchev–Trinajstić information content (AvgIpc) is 2.29. The summed E-state index contributed by atoms with van der Waals surface area (Å²) in [6, 6.07) is 7.13. The number of aromatic hydroxyl groups is 1. The summed E-state index contributed by atoms with van der Waals surface area (Å²) in [7, 11) is 0. The summed E-state index contributed by atoms with van der Waals surface area (Å²) in [4.78, 5) is 4.28. The highest BCUT2D eigenvalue weighted by molar-refractivity contribution is 8.00. The number of benzene rings is 1. The SMILES string of the molecule is CC(CO)Sc1nccc2ccc(O)cc12. The molecule has 0 aliphatic heterocycles. The van der Waals surface area contributed by atoms with Gasteiger partial charge in [0.2, 0.25) is 0 Å². The second-order valence-electron chi connectivity index (χ2n) is 3.63. The fourth-order valence-electron chi connectivity index (χ4n) is 1.45. The third-order valence-corrected chi connectivity index (χ3v) is 3.38. The summed E-state index contributed by atoms with van der Waals surface area (Å²) < 4.78 is 0. The van der Waals surface area contributed by atoms with Crippen LogP contribution in [0.4, 0.5) is 0 Å². The highest BCUT2D eigenvalue weighted by atomic mass is 32.2. The van der Waals surface area contributed by atoms with Gasteiger partial charge >= 0.3 is 0 Å². The molecule has 0 fully saturated rings. The molecule has 2 rings (SSSR count). The van der Waals surface area contributed by atoms with Crippen molar-refractivity contribution in [2.24, 2.45) is 0 Å². The maximum atomic E-state index is 9.46. The predicted molar refractivity (Wildman–Crippen MR) is 65.8 cm³/mol. The Labute approximate surface area is 98.1 Å². The normalized spacial score (nSPS) is 12.9. The van der Waals surface area contributed by atoms with Gasteiger partial charge in [-0.3, -0.25) is 0 Å². The lowest BCUT2D eigenvalue weighted by molar-refractivity contribution is 0.300. The van der Waals surface area contributed by atoms with Gasteiger partial charge in [-0.05, 0) is 23.6 Å². The quantitative estimate of drug-likeness (QED) is 0.802. The van der Waals surface area contributed by atoms with Gasteiger partial charge in [0.15, 0.2) is 0 Å². The van der Waals surface area contributed by atoms with E-state index in [1.807, 2.05) is 19.1 Å². The van der Waals surface area contributed by atoms with Crippen LogP contribution in [0.25, 0.3) is 10.8 Å². The van der Waals surface area contributed by atoms with E-state index in [4.69, 9.17) is 5.11 Å². The largest absolute Gasteiger partial charge is 0.508 e. The molecule has 1 heterocycles. The molecular weight excluding hydrogens is 222 g/mol. The number of nitrogens with zero attached hydrogens (tertiary/aromatic N) is 1. The highest BCUT2D eigenvalue weighted by Gasteiger charge is 2.08. The molecule has 3 nitrogen and oxygen atoms in total. The van der Waals surface area contributed by atoms with E-state index < -0.39 is 0 Å². The first kappa shape index (κ1) is 11.2. The van der Waals surface area contributed by atoms with Gasteiger partial charge in [0.1, 0.15) is 10.8 Å². The van der Waals surface area contributed by atoms with Crippen LogP contribution < -0.4 is 0 Å². The number of pyridine rings is 1. The van der Waals surface area contributed by atoms with Gasteiger partial charge in [0, 0.05) is 16.8 Å². The van der Waals surface area contributed by atoms with E-state index in [0.29, 0.717) is 0 Å². The van der Waals surface area contributed by atoms with Crippen molar-refractivity contribution in [1.29, 1.82) is 0 Å². The van der Waals surface area contributed by atoms with Crippen molar-refractivity contribution in [3.8, 4) is 5.75 Å². The molecule has 1 unspecified atom stereocenters. The first-order valence-electron chi connectivity index (χ1n) is 5.06. The van der Waals surface area contributed by atoms with Gasteiger partial charge in [-0.1, -0.05) is 13.0 Å². The molecular formula is C12H13NO2S. The summed E-state index contributed by atoms with van der Waals surface area (Å²) in [5, 5.41) is 21.4. The van der Waals surface area contributed by atoms with Crippen LogP contribution in [0.2, 0.25) is 0 Å². The van der Waals surface area contributed by atoms with Crippen molar-refractivity contribution in [2.45, 2.75) is 17.2 Å². The molecule has 16 heavy (non-hydrogen) atoms. The third kappa shape index (κ3) is 2.28. The Morgan fingerprint density at radius 1 is 1.38 bits per heavy atom. The van der Waals surface area contributed by atoms with E-state index in [1.54, 1.807) is 18.3 Å². The Morgan fingerprint density at radius 2 is 2.19 bits per heavy atom. The lowest BCUT2D eigenvalue weighted by Gasteiger charge is -2.09. The summed E-state index contributed by atoms with van der Waals surface area (Å²) >= 11 is 1.51. The average molecular weight is 235 g/mol. The molecule has 84 valence electrons. The van der Waals surface area contributed by atoms with Gasteiger partial charge in [0.05, 0.1) is 6.61 Å². The molecule has 0 aliphatic rings. The van der Waals surface area contributed by atoms with Crippen LogP contribution in [-0.4, -0.2) is 27.1 Å². The molecule has 0 spiro atoms. The first-order chi connectivity index (χ1) is 7.70. The lowest BCUT2D eigenvalue weighted by Crippen LogP contribution is -2.02. The van der Waals surface area contributed by atoms with Crippen molar-refractivity contribution >= 4 is 22.5 Å². The zero-order chi connectivity index (χ0) is 11.5. The molecule has 0 radical (unpaired) electrons. The fourth-order valence-corrected chi connectivity index (χ4v) is 2.33. The third-order valence-electron chi connectivity index (χ3n) is 2.28. The summed E-state index contributed by atoms with van der Waals surface area (Å²) in [5.74, 6) is 0.235. The molecule has 4 heteroatoms. The number of hydrogen-bond donors (Lipinski definition) is 2. The Kier molecular flexibility index (Phi) is 3.31. The number of phenols is 1. The second-order valence-corrected chi connectivity index (χ2v) is 5.06. The van der Waals surface area contributed by atoms with Gasteiger partial charge in [-0.25, -0.2) is 4.98 Å². The van der Waals surface area contributed by atoms with Crippen molar-refractivity contribution in [1.82, 2.24) is 4.98 Å². The molecule has 1 atom stereocenters. The Balaban J connectivity index is 2.47. The molecule has 0 saturated heterocycles. The van der Waals surface area contributed by atoms with Crippen LogP contribution in [0.15, 0.2) is 35.5 Å². The summed E-state index contributed by atoms with van der Waals surface area (Å²) in [6.07, 6.45) is 1.74. The molecule has 1 aromatic heterocycles. The molecule has 0 saturated carbocycles. The molecule has 1 aromatic carbocycles.